The van der Waals surface area contributed by atoms with Crippen molar-refractivity contribution in [2.24, 2.45) is 0 Å². The lowest BCUT2D eigenvalue weighted by molar-refractivity contribution is -0.137. The van der Waals surface area contributed by atoms with Crippen molar-refractivity contribution in [3.63, 3.8) is 0 Å². The van der Waals surface area contributed by atoms with Crippen LogP contribution in [0.25, 0.3) is 0 Å². The summed E-state index contributed by atoms with van der Waals surface area (Å²) in [6.45, 7) is 3.65. The average Bonchev–Trinajstić information content (AvgIpc) is 2.72. The molecule has 0 aromatic heterocycles. The number of alkyl halides is 3. The Morgan fingerprint density at radius 2 is 1.64 bits per heavy atom. The minimum atomic E-state index is -4.32. The number of nitrogens with zero attached hydrogens (tertiary/aromatic N) is 2. The van der Waals surface area contributed by atoms with Crippen LogP contribution in [0.1, 0.15) is 43.2 Å². The van der Waals surface area contributed by atoms with Gasteiger partial charge in [-0.05, 0) is 49.8 Å². The van der Waals surface area contributed by atoms with E-state index >= 15 is 0 Å². The van der Waals surface area contributed by atoms with Gasteiger partial charge in [-0.15, -0.1) is 0 Å². The van der Waals surface area contributed by atoms with Crippen LogP contribution in [0, 0.1) is 0 Å². The van der Waals surface area contributed by atoms with E-state index in [1.165, 1.54) is 12.1 Å². The zero-order chi connectivity index (χ0) is 20.1. The molecular formula is C21H29F3N2O2. The molecule has 2 fully saturated rings. The third-order valence-electron chi connectivity index (χ3n) is 6.05. The Labute approximate surface area is 164 Å². The number of halogens is 3. The predicted molar refractivity (Wildman–Crippen MR) is 101 cm³/mol. The molecule has 2 aliphatic heterocycles. The summed E-state index contributed by atoms with van der Waals surface area (Å²) in [5.41, 5.74) is 0.108. The quantitative estimate of drug-likeness (QED) is 0.758. The SMILES string of the molecule is COC1CCN(C2CCN(C(=O)CCc3ccc(C(F)(F)F)cc3)CC2)CC1. The van der Waals surface area contributed by atoms with Gasteiger partial charge in [-0.1, -0.05) is 12.1 Å². The van der Waals surface area contributed by atoms with E-state index in [0.29, 0.717) is 25.0 Å². The Hall–Kier alpha value is -1.60. The molecule has 0 saturated carbocycles. The Morgan fingerprint density at radius 1 is 1.04 bits per heavy atom. The van der Waals surface area contributed by atoms with Gasteiger partial charge in [0.15, 0.2) is 0 Å². The number of amides is 1. The summed E-state index contributed by atoms with van der Waals surface area (Å²) >= 11 is 0. The normalized spacial score (nSPS) is 20.5. The maximum atomic E-state index is 12.6. The fourth-order valence-electron chi connectivity index (χ4n) is 4.23. The summed E-state index contributed by atoms with van der Waals surface area (Å²) in [6, 6.07) is 5.63. The summed E-state index contributed by atoms with van der Waals surface area (Å²) in [5, 5.41) is 0. The molecule has 0 spiro atoms. The number of piperidine rings is 2. The number of likely N-dealkylation sites (tertiary alicyclic amines) is 2. The van der Waals surface area contributed by atoms with Crippen molar-refractivity contribution in [1.82, 2.24) is 9.80 Å². The van der Waals surface area contributed by atoms with Crippen LogP contribution < -0.4 is 0 Å². The molecule has 2 heterocycles. The highest BCUT2D eigenvalue weighted by Crippen LogP contribution is 2.29. The second-order valence-corrected chi connectivity index (χ2v) is 7.78. The summed E-state index contributed by atoms with van der Waals surface area (Å²) in [6.07, 6.45) is 0.996. The second kappa shape index (κ2) is 9.27. The highest BCUT2D eigenvalue weighted by Gasteiger charge is 2.31. The molecule has 1 aromatic carbocycles. The van der Waals surface area contributed by atoms with E-state index in [1.807, 2.05) is 4.90 Å². The van der Waals surface area contributed by atoms with E-state index in [4.69, 9.17) is 4.74 Å². The third-order valence-corrected chi connectivity index (χ3v) is 6.05. The molecule has 0 aliphatic carbocycles. The molecule has 1 aromatic rings. The number of carbonyl (C=O) groups is 1. The number of rotatable bonds is 5. The molecule has 0 unspecified atom stereocenters. The van der Waals surface area contributed by atoms with E-state index < -0.39 is 11.7 Å². The maximum absolute atomic E-state index is 12.6. The van der Waals surface area contributed by atoms with Crippen LogP contribution in [0.3, 0.4) is 0 Å². The first-order chi connectivity index (χ1) is 13.4. The van der Waals surface area contributed by atoms with E-state index in [2.05, 4.69) is 4.90 Å². The lowest BCUT2D eigenvalue weighted by atomic mass is 9.98. The van der Waals surface area contributed by atoms with E-state index in [1.54, 1.807) is 7.11 Å². The fraction of sp³-hybridized carbons (Fsp3) is 0.667. The van der Waals surface area contributed by atoms with Gasteiger partial charge in [-0.3, -0.25) is 4.79 Å². The van der Waals surface area contributed by atoms with Crippen LogP contribution >= 0.6 is 0 Å². The number of ether oxygens (including phenoxy) is 1. The molecule has 28 heavy (non-hydrogen) atoms. The molecule has 2 saturated heterocycles. The number of hydrogen-bond donors (Lipinski definition) is 0. The smallest absolute Gasteiger partial charge is 0.381 e. The molecule has 3 rings (SSSR count). The summed E-state index contributed by atoms with van der Waals surface area (Å²) in [5.74, 6) is 0.0939. The van der Waals surface area contributed by atoms with Crippen LogP contribution in [0.4, 0.5) is 13.2 Å². The number of hydrogen-bond acceptors (Lipinski definition) is 3. The minimum Gasteiger partial charge on any atom is -0.381 e. The zero-order valence-electron chi connectivity index (χ0n) is 16.4. The molecule has 2 aliphatic rings. The van der Waals surface area contributed by atoms with Gasteiger partial charge in [0.25, 0.3) is 0 Å². The second-order valence-electron chi connectivity index (χ2n) is 7.78. The first kappa shape index (κ1) is 21.1. The molecule has 0 radical (unpaired) electrons. The highest BCUT2D eigenvalue weighted by atomic mass is 19.4. The Balaban J connectivity index is 1.40. The van der Waals surface area contributed by atoms with Crippen LogP contribution in [0.2, 0.25) is 0 Å². The van der Waals surface area contributed by atoms with Crippen molar-refractivity contribution in [3.05, 3.63) is 35.4 Å². The molecule has 1 amide bonds. The topological polar surface area (TPSA) is 32.8 Å². The van der Waals surface area contributed by atoms with Gasteiger partial charge in [0.2, 0.25) is 5.91 Å². The third kappa shape index (κ3) is 5.47. The average molecular weight is 398 g/mol. The van der Waals surface area contributed by atoms with Gasteiger partial charge in [0, 0.05) is 45.8 Å². The first-order valence-corrected chi connectivity index (χ1v) is 10.1. The number of aryl methyl sites for hydroxylation is 1. The summed E-state index contributed by atoms with van der Waals surface area (Å²) < 4.78 is 43.3. The number of benzene rings is 1. The van der Waals surface area contributed by atoms with Gasteiger partial charge in [-0.2, -0.15) is 13.2 Å². The lowest BCUT2D eigenvalue weighted by Gasteiger charge is -2.41. The van der Waals surface area contributed by atoms with E-state index in [0.717, 1.165) is 69.6 Å². The van der Waals surface area contributed by atoms with Gasteiger partial charge in [0.1, 0.15) is 0 Å². The Kier molecular flexibility index (Phi) is 6.99. The van der Waals surface area contributed by atoms with Crippen molar-refractivity contribution < 1.29 is 22.7 Å². The minimum absolute atomic E-state index is 0.0939. The van der Waals surface area contributed by atoms with Crippen molar-refractivity contribution in [2.75, 3.05) is 33.3 Å². The van der Waals surface area contributed by atoms with Crippen molar-refractivity contribution >= 4 is 5.91 Å². The predicted octanol–water partition coefficient (Wildman–Crippen LogP) is 3.74. The van der Waals surface area contributed by atoms with Gasteiger partial charge in [0.05, 0.1) is 11.7 Å². The molecule has 156 valence electrons. The van der Waals surface area contributed by atoms with Gasteiger partial charge in [-0.25, -0.2) is 0 Å². The Morgan fingerprint density at radius 3 is 2.18 bits per heavy atom. The number of methoxy groups -OCH3 is 1. The largest absolute Gasteiger partial charge is 0.416 e. The number of carbonyl (C=O) groups excluding carboxylic acids is 1. The molecular weight excluding hydrogens is 369 g/mol. The van der Waals surface area contributed by atoms with Crippen molar-refractivity contribution in [1.29, 1.82) is 0 Å². The van der Waals surface area contributed by atoms with Gasteiger partial charge >= 0.3 is 6.18 Å². The monoisotopic (exact) mass is 398 g/mol. The maximum Gasteiger partial charge on any atom is 0.416 e. The van der Waals surface area contributed by atoms with Gasteiger partial charge < -0.3 is 14.5 Å². The fourth-order valence-corrected chi connectivity index (χ4v) is 4.23. The lowest BCUT2D eigenvalue weighted by Crippen LogP contribution is -2.49. The van der Waals surface area contributed by atoms with Crippen molar-refractivity contribution in [3.8, 4) is 0 Å². The van der Waals surface area contributed by atoms with Crippen LogP contribution in [-0.4, -0.2) is 61.1 Å². The summed E-state index contributed by atoms with van der Waals surface area (Å²) in [7, 11) is 1.77. The molecule has 0 atom stereocenters. The Bertz CT molecular complexity index is 632. The first-order valence-electron chi connectivity index (χ1n) is 10.1. The molecule has 7 heteroatoms. The highest BCUT2D eigenvalue weighted by molar-refractivity contribution is 5.76. The summed E-state index contributed by atoms with van der Waals surface area (Å²) in [4.78, 5) is 16.9. The molecule has 0 N–H and O–H groups in total. The van der Waals surface area contributed by atoms with E-state index in [9.17, 15) is 18.0 Å². The van der Waals surface area contributed by atoms with Crippen LogP contribution in [-0.2, 0) is 22.1 Å². The molecule has 0 bridgehead atoms. The van der Waals surface area contributed by atoms with E-state index in [-0.39, 0.29) is 5.91 Å². The van der Waals surface area contributed by atoms with Crippen LogP contribution in [0.5, 0.6) is 0 Å². The zero-order valence-corrected chi connectivity index (χ0v) is 16.4. The van der Waals surface area contributed by atoms with Crippen molar-refractivity contribution in [2.45, 2.75) is 56.8 Å². The molecule has 4 nitrogen and oxygen atoms in total. The van der Waals surface area contributed by atoms with Crippen LogP contribution in [0.15, 0.2) is 24.3 Å². The standard InChI is InChI=1S/C21H29F3N2O2/c1-28-19-10-14-25(15-11-19)18-8-12-26(13-9-18)20(27)7-4-16-2-5-17(6-3-16)21(22,23)24/h2-3,5-6,18-19H,4,7-15H2,1H3.